The molecular weight excluding hydrogens is 238 g/mol. The molecule has 2 rings (SSSR count). The van der Waals surface area contributed by atoms with E-state index in [2.05, 4.69) is 36.2 Å². The second-order valence-electron chi connectivity index (χ2n) is 5.17. The highest BCUT2D eigenvalue weighted by Gasteiger charge is 2.27. The number of nitrogens with zero attached hydrogens (tertiary/aromatic N) is 2. The Morgan fingerprint density at radius 1 is 1.11 bits per heavy atom. The highest BCUT2D eigenvalue weighted by atomic mass is 16.5. The molecule has 19 heavy (non-hydrogen) atoms. The first-order valence-corrected chi connectivity index (χ1v) is 6.69. The van der Waals surface area contributed by atoms with Gasteiger partial charge in [-0.05, 0) is 19.9 Å². The number of benzene rings is 1. The number of rotatable bonds is 5. The zero-order valence-electron chi connectivity index (χ0n) is 11.9. The third-order valence-corrected chi connectivity index (χ3v) is 3.47. The fraction of sp³-hybridized carbons (Fsp3) is 0.467. The Morgan fingerprint density at radius 3 is 2.37 bits per heavy atom. The standard InChI is InChI=1S/C15H21N3O/c1-10(2)13(11(3)16-4)15-17-14(18-19-15)12-8-6-5-7-9-12/h5-11,13,16H,1-4H3. The van der Waals surface area contributed by atoms with Crippen molar-refractivity contribution in [2.75, 3.05) is 7.05 Å². The summed E-state index contributed by atoms with van der Waals surface area (Å²) >= 11 is 0. The molecule has 1 aromatic heterocycles. The van der Waals surface area contributed by atoms with Crippen molar-refractivity contribution in [1.82, 2.24) is 15.5 Å². The first-order chi connectivity index (χ1) is 9.13. The van der Waals surface area contributed by atoms with Crippen LogP contribution in [-0.2, 0) is 0 Å². The lowest BCUT2D eigenvalue weighted by Gasteiger charge is -2.23. The van der Waals surface area contributed by atoms with Crippen molar-refractivity contribution in [1.29, 1.82) is 0 Å². The van der Waals surface area contributed by atoms with Crippen LogP contribution in [0.1, 0.15) is 32.6 Å². The molecule has 0 aliphatic carbocycles. The van der Waals surface area contributed by atoms with Gasteiger partial charge in [0.05, 0.1) is 5.92 Å². The Kier molecular flexibility index (Phi) is 4.32. The fourth-order valence-electron chi connectivity index (χ4n) is 2.33. The van der Waals surface area contributed by atoms with E-state index in [-0.39, 0.29) is 5.92 Å². The molecule has 0 aliphatic heterocycles. The minimum Gasteiger partial charge on any atom is -0.339 e. The first kappa shape index (κ1) is 13.7. The molecule has 2 unspecified atom stereocenters. The smallest absolute Gasteiger partial charge is 0.231 e. The van der Waals surface area contributed by atoms with Gasteiger partial charge in [-0.25, -0.2) is 0 Å². The Morgan fingerprint density at radius 2 is 1.79 bits per heavy atom. The van der Waals surface area contributed by atoms with Crippen molar-refractivity contribution in [3.63, 3.8) is 0 Å². The second-order valence-corrected chi connectivity index (χ2v) is 5.17. The van der Waals surface area contributed by atoms with Gasteiger partial charge in [0, 0.05) is 11.6 Å². The van der Waals surface area contributed by atoms with Gasteiger partial charge in [-0.2, -0.15) is 4.98 Å². The zero-order chi connectivity index (χ0) is 13.8. The Hall–Kier alpha value is -1.68. The Bertz CT molecular complexity index is 507. The summed E-state index contributed by atoms with van der Waals surface area (Å²) in [7, 11) is 1.95. The van der Waals surface area contributed by atoms with Gasteiger partial charge in [0.15, 0.2) is 0 Å². The largest absolute Gasteiger partial charge is 0.339 e. The maximum absolute atomic E-state index is 5.46. The van der Waals surface area contributed by atoms with Gasteiger partial charge >= 0.3 is 0 Å². The predicted molar refractivity (Wildman–Crippen MR) is 75.8 cm³/mol. The third kappa shape index (κ3) is 3.01. The van der Waals surface area contributed by atoms with Crippen molar-refractivity contribution < 1.29 is 4.52 Å². The number of aromatic nitrogens is 2. The summed E-state index contributed by atoms with van der Waals surface area (Å²) in [4.78, 5) is 4.55. The molecule has 0 saturated carbocycles. The molecule has 102 valence electrons. The third-order valence-electron chi connectivity index (χ3n) is 3.47. The summed E-state index contributed by atoms with van der Waals surface area (Å²) in [6.07, 6.45) is 0. The summed E-state index contributed by atoms with van der Waals surface area (Å²) in [6, 6.07) is 10.2. The monoisotopic (exact) mass is 259 g/mol. The summed E-state index contributed by atoms with van der Waals surface area (Å²) in [5, 5.41) is 7.36. The van der Waals surface area contributed by atoms with Gasteiger partial charge in [0.25, 0.3) is 0 Å². The van der Waals surface area contributed by atoms with Crippen molar-refractivity contribution in [3.05, 3.63) is 36.2 Å². The molecule has 1 N–H and O–H groups in total. The maximum Gasteiger partial charge on any atom is 0.231 e. The van der Waals surface area contributed by atoms with E-state index in [0.717, 1.165) is 5.56 Å². The van der Waals surface area contributed by atoms with Crippen LogP contribution in [0.3, 0.4) is 0 Å². The van der Waals surface area contributed by atoms with Crippen LogP contribution in [0, 0.1) is 5.92 Å². The van der Waals surface area contributed by atoms with Gasteiger partial charge in [-0.15, -0.1) is 0 Å². The molecule has 0 aliphatic rings. The van der Waals surface area contributed by atoms with Gasteiger partial charge in [-0.3, -0.25) is 0 Å². The Labute approximate surface area is 114 Å². The molecule has 1 heterocycles. The minimum absolute atomic E-state index is 0.218. The van der Waals surface area contributed by atoms with E-state index in [0.29, 0.717) is 23.7 Å². The maximum atomic E-state index is 5.46. The van der Waals surface area contributed by atoms with E-state index >= 15 is 0 Å². The van der Waals surface area contributed by atoms with Crippen LogP contribution >= 0.6 is 0 Å². The van der Waals surface area contributed by atoms with Crippen LogP contribution in [0.15, 0.2) is 34.9 Å². The molecule has 1 aromatic carbocycles. The lowest BCUT2D eigenvalue weighted by atomic mass is 9.89. The van der Waals surface area contributed by atoms with Crippen LogP contribution < -0.4 is 5.32 Å². The molecule has 0 radical (unpaired) electrons. The van der Waals surface area contributed by atoms with Crippen LogP contribution in [-0.4, -0.2) is 23.2 Å². The van der Waals surface area contributed by atoms with Crippen LogP contribution in [0.4, 0.5) is 0 Å². The van der Waals surface area contributed by atoms with Gasteiger partial charge in [0.1, 0.15) is 0 Å². The molecular formula is C15H21N3O. The van der Waals surface area contributed by atoms with Crippen molar-refractivity contribution in [2.24, 2.45) is 5.92 Å². The van der Waals surface area contributed by atoms with E-state index in [9.17, 15) is 0 Å². The average molecular weight is 259 g/mol. The molecule has 4 heteroatoms. The summed E-state index contributed by atoms with van der Waals surface area (Å²) in [5.74, 6) is 2.02. The zero-order valence-corrected chi connectivity index (χ0v) is 11.9. The van der Waals surface area contributed by atoms with E-state index in [1.165, 1.54) is 0 Å². The van der Waals surface area contributed by atoms with Crippen molar-refractivity contribution in [2.45, 2.75) is 32.7 Å². The van der Waals surface area contributed by atoms with E-state index < -0.39 is 0 Å². The molecule has 2 atom stereocenters. The predicted octanol–water partition coefficient (Wildman–Crippen LogP) is 3.08. The van der Waals surface area contributed by atoms with Crippen LogP contribution in [0.5, 0.6) is 0 Å². The first-order valence-electron chi connectivity index (χ1n) is 6.69. The van der Waals surface area contributed by atoms with Crippen molar-refractivity contribution >= 4 is 0 Å². The number of likely N-dealkylation sites (N-methyl/N-ethyl adjacent to an activating group) is 1. The lowest BCUT2D eigenvalue weighted by Crippen LogP contribution is -2.32. The Balaban J connectivity index is 2.29. The summed E-state index contributed by atoms with van der Waals surface area (Å²) in [5.41, 5.74) is 0.983. The quantitative estimate of drug-likeness (QED) is 0.896. The molecule has 0 bridgehead atoms. The van der Waals surface area contributed by atoms with Gasteiger partial charge in [-0.1, -0.05) is 49.3 Å². The van der Waals surface area contributed by atoms with Crippen LogP contribution in [0.25, 0.3) is 11.4 Å². The topological polar surface area (TPSA) is 51.0 Å². The molecule has 2 aromatic rings. The normalized spacial score (nSPS) is 14.6. The van der Waals surface area contributed by atoms with Gasteiger partial charge < -0.3 is 9.84 Å². The number of hydrogen-bond acceptors (Lipinski definition) is 4. The molecule has 0 fully saturated rings. The van der Waals surface area contributed by atoms with Crippen LogP contribution in [0.2, 0.25) is 0 Å². The SMILES string of the molecule is CNC(C)C(c1nc(-c2ccccc2)no1)C(C)C. The lowest BCUT2D eigenvalue weighted by molar-refractivity contribution is 0.286. The van der Waals surface area contributed by atoms with E-state index in [4.69, 9.17) is 4.52 Å². The fourth-order valence-corrected chi connectivity index (χ4v) is 2.33. The average Bonchev–Trinajstić information content (AvgIpc) is 2.88. The second kappa shape index (κ2) is 5.97. The molecule has 0 amide bonds. The highest BCUT2D eigenvalue weighted by Crippen LogP contribution is 2.28. The van der Waals surface area contributed by atoms with E-state index in [1.807, 2.05) is 37.4 Å². The summed E-state index contributed by atoms with van der Waals surface area (Å²) < 4.78 is 5.46. The number of hydrogen-bond donors (Lipinski definition) is 1. The molecule has 4 nitrogen and oxygen atoms in total. The van der Waals surface area contributed by atoms with E-state index in [1.54, 1.807) is 0 Å². The van der Waals surface area contributed by atoms with Gasteiger partial charge in [0.2, 0.25) is 11.7 Å². The highest BCUT2D eigenvalue weighted by molar-refractivity contribution is 5.53. The number of nitrogens with one attached hydrogen (secondary N) is 1. The minimum atomic E-state index is 0.218. The summed E-state index contributed by atoms with van der Waals surface area (Å²) in [6.45, 7) is 6.48. The molecule has 0 spiro atoms. The molecule has 0 saturated heterocycles. The van der Waals surface area contributed by atoms with Crippen molar-refractivity contribution in [3.8, 4) is 11.4 Å².